The Morgan fingerprint density at radius 3 is 2.95 bits per heavy atom. The maximum Gasteiger partial charge on any atom is 0.254 e. The third-order valence-electron chi connectivity index (χ3n) is 3.29. The van der Waals surface area contributed by atoms with E-state index in [1.165, 1.54) is 0 Å². The molecule has 1 amide bonds. The normalized spacial score (nSPS) is 18.5. The van der Waals surface area contributed by atoms with Crippen LogP contribution in [0.25, 0.3) is 0 Å². The topological polar surface area (TPSA) is 84.1 Å². The highest BCUT2D eigenvalue weighted by Gasteiger charge is 2.17. The van der Waals surface area contributed by atoms with Gasteiger partial charge in [-0.25, -0.2) is 4.98 Å². The molecule has 1 aromatic rings. The third-order valence-corrected chi connectivity index (χ3v) is 3.29. The van der Waals surface area contributed by atoms with Gasteiger partial charge in [-0.1, -0.05) is 0 Å². The van der Waals surface area contributed by atoms with Crippen LogP contribution in [0.1, 0.15) is 23.5 Å². The number of hydrogen-bond acceptors (Lipinski definition) is 4. The Morgan fingerprint density at radius 1 is 1.53 bits per heavy atom. The van der Waals surface area contributed by atoms with Crippen molar-refractivity contribution in [3.8, 4) is 0 Å². The Balaban J connectivity index is 1.93. The zero-order valence-corrected chi connectivity index (χ0v) is 11.3. The number of carbonyl (C=O) groups excluding carboxylic acids is 1. The molecule has 6 heteroatoms. The molecule has 104 valence electrons. The Labute approximate surface area is 111 Å². The Bertz CT molecular complexity index is 518. The molecule has 1 atom stereocenters. The van der Waals surface area contributed by atoms with Crippen LogP contribution >= 0.6 is 0 Å². The van der Waals surface area contributed by atoms with Gasteiger partial charge >= 0.3 is 0 Å². The average molecular weight is 265 g/mol. The Hall–Kier alpha value is -1.69. The Morgan fingerprint density at radius 2 is 2.32 bits per heavy atom. The zero-order valence-electron chi connectivity index (χ0n) is 11.3. The summed E-state index contributed by atoms with van der Waals surface area (Å²) in [6.45, 7) is 5.54. The van der Waals surface area contributed by atoms with E-state index in [-0.39, 0.29) is 17.9 Å². The summed E-state index contributed by atoms with van der Waals surface area (Å²) in [6, 6.07) is 0. The molecule has 0 saturated carbocycles. The van der Waals surface area contributed by atoms with Gasteiger partial charge in [0.15, 0.2) is 0 Å². The van der Waals surface area contributed by atoms with E-state index in [0.717, 1.165) is 13.0 Å². The first-order chi connectivity index (χ1) is 9.06. The van der Waals surface area contributed by atoms with Crippen LogP contribution in [-0.4, -0.2) is 35.6 Å². The van der Waals surface area contributed by atoms with Gasteiger partial charge in [0.05, 0.1) is 13.0 Å². The van der Waals surface area contributed by atoms with Gasteiger partial charge in [0.2, 0.25) is 5.91 Å². The van der Waals surface area contributed by atoms with Crippen LogP contribution in [0.3, 0.4) is 0 Å². The number of hydrogen-bond donors (Lipinski definition) is 2. The first-order valence-corrected chi connectivity index (χ1v) is 6.47. The van der Waals surface area contributed by atoms with Gasteiger partial charge in [-0.2, -0.15) is 0 Å². The highest BCUT2D eigenvalue weighted by Crippen LogP contribution is 2.10. The van der Waals surface area contributed by atoms with Crippen molar-refractivity contribution in [2.24, 2.45) is 5.92 Å². The molecule has 2 heterocycles. The first kappa shape index (κ1) is 13.7. The van der Waals surface area contributed by atoms with Crippen LogP contribution in [0.15, 0.2) is 4.79 Å². The van der Waals surface area contributed by atoms with Crippen LogP contribution in [0, 0.1) is 19.8 Å². The second kappa shape index (κ2) is 5.97. The molecule has 2 N–H and O–H groups in total. The van der Waals surface area contributed by atoms with E-state index in [4.69, 9.17) is 4.74 Å². The average Bonchev–Trinajstić information content (AvgIpc) is 2.84. The minimum absolute atomic E-state index is 0.0715. The number of ether oxygens (including phenoxy) is 1. The van der Waals surface area contributed by atoms with E-state index in [1.807, 2.05) is 0 Å². The molecule has 1 aromatic heterocycles. The van der Waals surface area contributed by atoms with E-state index in [9.17, 15) is 9.59 Å². The quantitative estimate of drug-likeness (QED) is 0.807. The van der Waals surface area contributed by atoms with E-state index < -0.39 is 0 Å². The number of nitrogens with one attached hydrogen (secondary N) is 2. The first-order valence-electron chi connectivity index (χ1n) is 6.47. The maximum atomic E-state index is 11.8. The summed E-state index contributed by atoms with van der Waals surface area (Å²) < 4.78 is 5.24. The number of nitrogens with zero attached hydrogens (tertiary/aromatic N) is 1. The fraction of sp³-hybridized carbons (Fsp3) is 0.615. The zero-order chi connectivity index (χ0) is 13.8. The minimum Gasteiger partial charge on any atom is -0.381 e. The largest absolute Gasteiger partial charge is 0.381 e. The minimum atomic E-state index is -0.232. The predicted octanol–water partition coefficient (Wildman–Crippen LogP) is 0.0819. The van der Waals surface area contributed by atoms with Gasteiger partial charge in [-0.15, -0.1) is 0 Å². The lowest BCUT2D eigenvalue weighted by Crippen LogP contribution is -2.33. The van der Waals surface area contributed by atoms with E-state index >= 15 is 0 Å². The van der Waals surface area contributed by atoms with E-state index in [2.05, 4.69) is 15.3 Å². The fourth-order valence-corrected chi connectivity index (χ4v) is 2.18. The van der Waals surface area contributed by atoms with Gasteiger partial charge in [0.1, 0.15) is 5.82 Å². The molecule has 0 aromatic carbocycles. The standard InChI is InChI=1S/C13H19N3O3/c1-8-11(13(18)16-9(2)15-8)5-12(17)14-6-10-3-4-19-7-10/h10H,3-7H2,1-2H3,(H,14,17)(H,15,16,18)/t10-/m1/s1. The van der Waals surface area contributed by atoms with Crippen molar-refractivity contribution in [2.45, 2.75) is 26.7 Å². The molecule has 1 saturated heterocycles. The summed E-state index contributed by atoms with van der Waals surface area (Å²) in [6.07, 6.45) is 1.05. The maximum absolute atomic E-state index is 11.8. The van der Waals surface area contributed by atoms with Gasteiger partial charge in [0, 0.05) is 30.3 Å². The summed E-state index contributed by atoms with van der Waals surface area (Å²) in [5.74, 6) is 0.806. The molecule has 1 aliphatic heterocycles. The van der Waals surface area contributed by atoms with Gasteiger partial charge in [-0.05, 0) is 20.3 Å². The Kier molecular flexibility index (Phi) is 4.31. The molecule has 0 spiro atoms. The number of aromatic nitrogens is 2. The highest BCUT2D eigenvalue weighted by atomic mass is 16.5. The van der Waals surface area contributed by atoms with Crippen molar-refractivity contribution in [3.05, 3.63) is 27.4 Å². The molecule has 2 rings (SSSR count). The van der Waals surface area contributed by atoms with Crippen molar-refractivity contribution in [1.29, 1.82) is 0 Å². The van der Waals surface area contributed by atoms with Crippen molar-refractivity contribution >= 4 is 5.91 Å². The summed E-state index contributed by atoms with van der Waals surface area (Å²) in [7, 11) is 0. The van der Waals surface area contributed by atoms with Crippen LogP contribution in [-0.2, 0) is 16.0 Å². The lowest BCUT2D eigenvalue weighted by atomic mass is 10.1. The molecule has 0 bridgehead atoms. The van der Waals surface area contributed by atoms with Crippen LogP contribution < -0.4 is 10.9 Å². The number of aryl methyl sites for hydroxylation is 2. The van der Waals surface area contributed by atoms with Crippen molar-refractivity contribution in [3.63, 3.8) is 0 Å². The van der Waals surface area contributed by atoms with Gasteiger partial charge < -0.3 is 15.0 Å². The third kappa shape index (κ3) is 3.64. The monoisotopic (exact) mass is 265 g/mol. The molecule has 6 nitrogen and oxygen atoms in total. The van der Waals surface area contributed by atoms with Gasteiger partial charge in [-0.3, -0.25) is 9.59 Å². The van der Waals surface area contributed by atoms with Gasteiger partial charge in [0.25, 0.3) is 5.56 Å². The number of amides is 1. The molecular weight excluding hydrogens is 246 g/mol. The summed E-state index contributed by atoms with van der Waals surface area (Å²) >= 11 is 0. The molecule has 0 aliphatic carbocycles. The predicted molar refractivity (Wildman–Crippen MR) is 70.0 cm³/mol. The summed E-state index contributed by atoms with van der Waals surface area (Å²) in [5, 5.41) is 2.84. The number of aromatic amines is 1. The van der Waals surface area contributed by atoms with Crippen LogP contribution in [0.5, 0.6) is 0 Å². The van der Waals surface area contributed by atoms with E-state index in [0.29, 0.717) is 36.2 Å². The van der Waals surface area contributed by atoms with Crippen LogP contribution in [0.2, 0.25) is 0 Å². The lowest BCUT2D eigenvalue weighted by Gasteiger charge is -2.10. The van der Waals surface area contributed by atoms with Crippen LogP contribution in [0.4, 0.5) is 0 Å². The number of carbonyl (C=O) groups is 1. The van der Waals surface area contributed by atoms with E-state index in [1.54, 1.807) is 13.8 Å². The highest BCUT2D eigenvalue weighted by molar-refractivity contribution is 5.78. The van der Waals surface area contributed by atoms with Crippen molar-refractivity contribution < 1.29 is 9.53 Å². The molecule has 1 fully saturated rings. The smallest absolute Gasteiger partial charge is 0.254 e. The molecular formula is C13H19N3O3. The molecule has 19 heavy (non-hydrogen) atoms. The van der Waals surface area contributed by atoms with Crippen molar-refractivity contribution in [1.82, 2.24) is 15.3 Å². The molecule has 0 radical (unpaired) electrons. The summed E-state index contributed by atoms with van der Waals surface area (Å²) in [5.41, 5.74) is 0.815. The fourth-order valence-electron chi connectivity index (χ4n) is 2.18. The molecule has 1 aliphatic rings. The summed E-state index contributed by atoms with van der Waals surface area (Å²) in [4.78, 5) is 30.4. The van der Waals surface area contributed by atoms with Crippen molar-refractivity contribution in [2.75, 3.05) is 19.8 Å². The SMILES string of the molecule is Cc1nc(C)c(CC(=O)NC[C@H]2CCOC2)c(=O)[nH]1. The lowest BCUT2D eigenvalue weighted by molar-refractivity contribution is -0.120. The number of H-pyrrole nitrogens is 1. The number of rotatable bonds is 4. The second-order valence-corrected chi connectivity index (χ2v) is 4.93. The second-order valence-electron chi connectivity index (χ2n) is 4.93. The molecule has 0 unspecified atom stereocenters.